The predicted molar refractivity (Wildman–Crippen MR) is 170 cm³/mol. The van der Waals surface area contributed by atoms with Crippen molar-refractivity contribution in [2.45, 2.75) is 43.8 Å². The first-order chi connectivity index (χ1) is 21.7. The third kappa shape index (κ3) is 4.53. The number of nitrogens with zero attached hydrogens (tertiary/aromatic N) is 5. The minimum Gasteiger partial charge on any atom is -0.461 e. The lowest BCUT2D eigenvalue weighted by molar-refractivity contribution is 0.107. The van der Waals surface area contributed by atoms with Crippen LogP contribution in [0.2, 0.25) is 5.02 Å². The monoisotopic (exact) mass is 653 g/mol. The third-order valence-corrected chi connectivity index (χ3v) is 11.6. The van der Waals surface area contributed by atoms with Gasteiger partial charge in [-0.3, -0.25) is 4.90 Å². The summed E-state index contributed by atoms with van der Waals surface area (Å²) in [5, 5.41) is 14.1. The van der Waals surface area contributed by atoms with Crippen molar-refractivity contribution in [2.24, 2.45) is 5.41 Å². The van der Waals surface area contributed by atoms with Crippen molar-refractivity contribution >= 4 is 54.7 Å². The normalized spacial score (nSPS) is 24.3. The van der Waals surface area contributed by atoms with Gasteiger partial charge in [0, 0.05) is 60.9 Å². The summed E-state index contributed by atoms with van der Waals surface area (Å²) in [6.07, 6.45) is 3.30. The standard InChI is InChI=1S/C32H31ClF3N7OS/c33-21-9-19-26(25(36)24(21)18-3-4-22(35)27-23(18)20(11-37)28(38)45-27)40-30(44-16-32-6-2-8-43(32)12-17(34)10-32)41-29(19)42-7-1-5-31(15-42)13-39-14-31/h3-4,9,17,39H,1-2,5-8,10,12-16,38H2/t17-,32+/m1/s1. The number of fused-ring (bicyclic) bond motifs is 3. The number of rotatable bonds is 5. The van der Waals surface area contributed by atoms with Crippen LogP contribution in [0.25, 0.3) is 32.1 Å². The van der Waals surface area contributed by atoms with Crippen LogP contribution in [0.3, 0.4) is 0 Å². The number of ether oxygens (including phenoxy) is 1. The summed E-state index contributed by atoms with van der Waals surface area (Å²) in [5.41, 5.74) is 6.08. The first kappa shape index (κ1) is 29.1. The molecule has 2 atom stereocenters. The average Bonchev–Trinajstić information content (AvgIpc) is 3.65. The summed E-state index contributed by atoms with van der Waals surface area (Å²) >= 11 is 7.79. The lowest BCUT2D eigenvalue weighted by Crippen LogP contribution is -2.61. The fourth-order valence-corrected chi connectivity index (χ4v) is 9.27. The predicted octanol–water partition coefficient (Wildman–Crippen LogP) is 6.04. The molecule has 0 aliphatic carbocycles. The van der Waals surface area contributed by atoms with E-state index in [1.807, 2.05) is 6.07 Å². The van der Waals surface area contributed by atoms with Gasteiger partial charge in [0.1, 0.15) is 41.0 Å². The van der Waals surface area contributed by atoms with Crippen LogP contribution < -0.4 is 20.7 Å². The molecule has 45 heavy (non-hydrogen) atoms. The van der Waals surface area contributed by atoms with Gasteiger partial charge in [0.05, 0.1) is 20.8 Å². The molecule has 4 fully saturated rings. The molecule has 4 aliphatic rings. The lowest BCUT2D eigenvalue weighted by Gasteiger charge is -2.49. The maximum absolute atomic E-state index is 16.9. The number of hydrogen-bond acceptors (Lipinski definition) is 9. The molecule has 3 N–H and O–H groups in total. The van der Waals surface area contributed by atoms with Crippen molar-refractivity contribution in [1.82, 2.24) is 20.2 Å². The van der Waals surface area contributed by atoms with Gasteiger partial charge in [-0.15, -0.1) is 11.3 Å². The van der Waals surface area contributed by atoms with Crippen molar-refractivity contribution in [3.8, 4) is 23.2 Å². The van der Waals surface area contributed by atoms with Crippen LogP contribution in [0.5, 0.6) is 6.01 Å². The van der Waals surface area contributed by atoms with Gasteiger partial charge in [-0.1, -0.05) is 17.7 Å². The summed E-state index contributed by atoms with van der Waals surface area (Å²) < 4.78 is 52.7. The Labute approximate surface area is 266 Å². The van der Waals surface area contributed by atoms with Gasteiger partial charge in [-0.25, -0.2) is 13.2 Å². The second-order valence-corrected chi connectivity index (χ2v) is 14.5. The highest BCUT2D eigenvalue weighted by molar-refractivity contribution is 7.23. The summed E-state index contributed by atoms with van der Waals surface area (Å²) in [4.78, 5) is 13.7. The molecule has 8 rings (SSSR count). The molecule has 0 bridgehead atoms. The Kier molecular flexibility index (Phi) is 6.84. The van der Waals surface area contributed by atoms with Gasteiger partial charge in [-0.05, 0) is 49.9 Å². The fraction of sp³-hybridized carbons (Fsp3) is 0.469. The molecule has 8 nitrogen and oxygen atoms in total. The first-order valence-electron chi connectivity index (χ1n) is 15.3. The number of alkyl halides is 1. The summed E-state index contributed by atoms with van der Waals surface area (Å²) in [5.74, 6) is -0.752. The van der Waals surface area contributed by atoms with Gasteiger partial charge in [0.15, 0.2) is 5.82 Å². The highest BCUT2D eigenvalue weighted by Gasteiger charge is 2.49. The minimum atomic E-state index is -0.915. The molecule has 2 aromatic carbocycles. The van der Waals surface area contributed by atoms with Crippen LogP contribution in [-0.4, -0.2) is 72.5 Å². The molecule has 234 valence electrons. The zero-order valence-electron chi connectivity index (χ0n) is 24.4. The van der Waals surface area contributed by atoms with E-state index in [0.717, 1.165) is 69.7 Å². The van der Waals surface area contributed by atoms with E-state index in [2.05, 4.69) is 20.1 Å². The van der Waals surface area contributed by atoms with Gasteiger partial charge < -0.3 is 20.7 Å². The molecule has 1 spiro atoms. The van der Waals surface area contributed by atoms with E-state index in [1.54, 1.807) is 6.07 Å². The van der Waals surface area contributed by atoms with Crippen molar-refractivity contribution in [1.29, 1.82) is 5.26 Å². The van der Waals surface area contributed by atoms with E-state index in [-0.39, 0.29) is 60.3 Å². The van der Waals surface area contributed by atoms with E-state index in [1.165, 1.54) is 12.1 Å². The number of nitriles is 1. The van der Waals surface area contributed by atoms with Gasteiger partial charge in [0.2, 0.25) is 0 Å². The quantitative estimate of drug-likeness (QED) is 0.269. The van der Waals surface area contributed by atoms with Crippen LogP contribution in [0.15, 0.2) is 18.2 Å². The number of nitrogens with one attached hydrogen (secondary N) is 1. The van der Waals surface area contributed by atoms with Crippen molar-refractivity contribution < 1.29 is 17.9 Å². The molecular formula is C32H31ClF3N7OS. The number of hydrogen-bond donors (Lipinski definition) is 2. The van der Waals surface area contributed by atoms with E-state index in [4.69, 9.17) is 27.1 Å². The van der Waals surface area contributed by atoms with E-state index < -0.39 is 23.3 Å². The molecule has 0 saturated carbocycles. The minimum absolute atomic E-state index is 0.00556. The number of thiophene rings is 1. The molecule has 0 amide bonds. The van der Waals surface area contributed by atoms with E-state index in [9.17, 15) is 14.0 Å². The second kappa shape index (κ2) is 10.6. The number of halogens is 4. The summed E-state index contributed by atoms with van der Waals surface area (Å²) in [7, 11) is 0. The number of aromatic nitrogens is 2. The Balaban J connectivity index is 1.29. The SMILES string of the molecule is N#Cc1c(N)sc2c(F)ccc(-c3c(Cl)cc4c(N5CCCC6(CNC6)C5)nc(OC[C@@]56CCCN5C[C@H](F)C6)nc4c3F)c12. The van der Waals surface area contributed by atoms with Crippen molar-refractivity contribution in [2.75, 3.05) is 56.5 Å². The van der Waals surface area contributed by atoms with Crippen LogP contribution in [0.1, 0.15) is 37.7 Å². The zero-order valence-corrected chi connectivity index (χ0v) is 26.0. The molecule has 0 unspecified atom stereocenters. The molecule has 4 aliphatic heterocycles. The van der Waals surface area contributed by atoms with Crippen molar-refractivity contribution in [3.05, 3.63) is 40.4 Å². The van der Waals surface area contributed by atoms with E-state index >= 15 is 4.39 Å². The lowest BCUT2D eigenvalue weighted by atomic mass is 9.75. The Bertz CT molecular complexity index is 1910. The van der Waals surface area contributed by atoms with Crippen molar-refractivity contribution in [3.63, 3.8) is 0 Å². The number of nitrogens with two attached hydrogens (primary N) is 1. The molecule has 0 radical (unpaired) electrons. The third-order valence-electron chi connectivity index (χ3n) is 10.2. The van der Waals surface area contributed by atoms with Gasteiger partial charge in [-0.2, -0.15) is 15.2 Å². The smallest absolute Gasteiger partial charge is 0.319 e. The number of benzene rings is 2. The fourth-order valence-electron chi connectivity index (χ4n) is 8.02. The molecule has 13 heteroatoms. The molecule has 4 aromatic rings. The van der Waals surface area contributed by atoms with E-state index in [0.29, 0.717) is 24.2 Å². The maximum atomic E-state index is 16.9. The largest absolute Gasteiger partial charge is 0.461 e. The van der Waals surface area contributed by atoms with Crippen LogP contribution in [-0.2, 0) is 0 Å². The maximum Gasteiger partial charge on any atom is 0.319 e. The molecule has 2 aromatic heterocycles. The topological polar surface area (TPSA) is 103 Å². The van der Waals surface area contributed by atoms with Crippen LogP contribution in [0.4, 0.5) is 24.0 Å². The van der Waals surface area contributed by atoms with Crippen LogP contribution in [0, 0.1) is 28.4 Å². The first-order valence-corrected chi connectivity index (χ1v) is 16.5. The van der Waals surface area contributed by atoms with Gasteiger partial charge in [0.25, 0.3) is 0 Å². The van der Waals surface area contributed by atoms with Crippen LogP contribution >= 0.6 is 22.9 Å². The number of anilines is 2. The highest BCUT2D eigenvalue weighted by atomic mass is 35.5. The summed E-state index contributed by atoms with van der Waals surface area (Å²) in [6.45, 7) is 4.69. The Morgan fingerprint density at radius 2 is 2.02 bits per heavy atom. The Morgan fingerprint density at radius 3 is 2.80 bits per heavy atom. The highest BCUT2D eigenvalue weighted by Crippen LogP contribution is 2.47. The molecule has 6 heterocycles. The molecule has 4 saturated heterocycles. The number of nitrogen functional groups attached to an aromatic ring is 1. The number of piperidine rings is 1. The Hall–Kier alpha value is -3.37. The van der Waals surface area contributed by atoms with Gasteiger partial charge >= 0.3 is 6.01 Å². The molecular weight excluding hydrogens is 623 g/mol. The average molecular weight is 654 g/mol. The second-order valence-electron chi connectivity index (χ2n) is 13.0. The summed E-state index contributed by atoms with van der Waals surface area (Å²) in [6, 6.07) is 6.34. The Morgan fingerprint density at radius 1 is 1.20 bits per heavy atom. The zero-order chi connectivity index (χ0) is 31.1.